The first-order valence-corrected chi connectivity index (χ1v) is 19.5. The molecule has 1 aliphatic rings. The molecule has 0 saturated carbocycles. The Hall–Kier alpha value is -6.96. The van der Waals surface area contributed by atoms with Crippen molar-refractivity contribution in [2.75, 3.05) is 4.90 Å². The molecule has 0 aliphatic heterocycles. The minimum Gasteiger partial charge on any atom is -0.310 e. The van der Waals surface area contributed by atoms with Crippen LogP contribution in [0.1, 0.15) is 25.0 Å². The Labute approximate surface area is 329 Å². The van der Waals surface area contributed by atoms with Crippen LogP contribution in [0.15, 0.2) is 212 Å². The third kappa shape index (κ3) is 5.90. The predicted molar refractivity (Wildman–Crippen MR) is 238 cm³/mol. The first-order chi connectivity index (χ1) is 27.5. The summed E-state index contributed by atoms with van der Waals surface area (Å²) in [6.07, 6.45) is 0. The van der Waals surface area contributed by atoms with Crippen LogP contribution in [0.4, 0.5) is 17.1 Å². The van der Waals surface area contributed by atoms with Gasteiger partial charge in [0.15, 0.2) is 0 Å². The third-order valence-corrected chi connectivity index (χ3v) is 11.7. The number of hydrogen-bond donors (Lipinski definition) is 0. The number of fused-ring (bicyclic) bond motifs is 4. The smallest absolute Gasteiger partial charge is 0.0467 e. The SMILES string of the molecule is CC1(C)c2ccccc2-c2ccc(N(c3ccc(-c4cccc(-c5ccc6ccccc6c5)c4)cc3)c3cccc(-c4ccccc4-c4ccccc4)c3)cc21. The van der Waals surface area contributed by atoms with Gasteiger partial charge in [0, 0.05) is 22.5 Å². The van der Waals surface area contributed by atoms with Crippen LogP contribution in [0.2, 0.25) is 0 Å². The fraction of sp³-hybridized carbons (Fsp3) is 0.0545. The molecule has 1 heteroatoms. The molecule has 0 atom stereocenters. The van der Waals surface area contributed by atoms with Crippen LogP contribution >= 0.6 is 0 Å². The maximum absolute atomic E-state index is 2.42. The summed E-state index contributed by atoms with van der Waals surface area (Å²) in [5.41, 5.74) is 18.3. The highest BCUT2D eigenvalue weighted by Crippen LogP contribution is 2.51. The fourth-order valence-corrected chi connectivity index (χ4v) is 8.75. The molecule has 0 fully saturated rings. The quantitative estimate of drug-likeness (QED) is 0.159. The summed E-state index contributed by atoms with van der Waals surface area (Å²) >= 11 is 0. The maximum atomic E-state index is 2.42. The van der Waals surface area contributed by atoms with Crippen LogP contribution in [0.5, 0.6) is 0 Å². The van der Waals surface area contributed by atoms with Gasteiger partial charge in [0.05, 0.1) is 0 Å². The summed E-state index contributed by atoms with van der Waals surface area (Å²) in [5.74, 6) is 0. The molecule has 1 aliphatic carbocycles. The van der Waals surface area contributed by atoms with Gasteiger partial charge < -0.3 is 4.90 Å². The molecule has 0 amide bonds. The Morgan fingerprint density at radius 1 is 0.286 bits per heavy atom. The van der Waals surface area contributed by atoms with Gasteiger partial charge >= 0.3 is 0 Å². The van der Waals surface area contributed by atoms with E-state index in [2.05, 4.69) is 231 Å². The summed E-state index contributed by atoms with van der Waals surface area (Å²) < 4.78 is 0. The minimum atomic E-state index is -0.107. The van der Waals surface area contributed by atoms with Gasteiger partial charge in [-0.2, -0.15) is 0 Å². The van der Waals surface area contributed by atoms with Crippen molar-refractivity contribution in [3.8, 4) is 55.6 Å². The molecule has 0 radical (unpaired) electrons. The topological polar surface area (TPSA) is 3.24 Å². The maximum Gasteiger partial charge on any atom is 0.0467 e. The van der Waals surface area contributed by atoms with Crippen molar-refractivity contribution in [3.05, 3.63) is 223 Å². The zero-order valence-corrected chi connectivity index (χ0v) is 31.7. The molecule has 0 N–H and O–H groups in total. The largest absolute Gasteiger partial charge is 0.310 e. The zero-order chi connectivity index (χ0) is 37.6. The third-order valence-electron chi connectivity index (χ3n) is 11.7. The van der Waals surface area contributed by atoms with Crippen molar-refractivity contribution in [1.29, 1.82) is 0 Å². The summed E-state index contributed by atoms with van der Waals surface area (Å²) in [5, 5.41) is 2.52. The highest BCUT2D eigenvalue weighted by Gasteiger charge is 2.35. The molecule has 0 heterocycles. The van der Waals surface area contributed by atoms with Gasteiger partial charge in [0.25, 0.3) is 0 Å². The van der Waals surface area contributed by atoms with E-state index in [1.807, 2.05) is 0 Å². The zero-order valence-electron chi connectivity index (χ0n) is 31.7. The molecule has 9 aromatic rings. The lowest BCUT2D eigenvalue weighted by atomic mass is 9.82. The lowest BCUT2D eigenvalue weighted by Gasteiger charge is -2.28. The average molecular weight is 716 g/mol. The van der Waals surface area contributed by atoms with Crippen LogP contribution < -0.4 is 4.90 Å². The molecule has 10 rings (SSSR count). The Morgan fingerprint density at radius 3 is 1.62 bits per heavy atom. The first kappa shape index (κ1) is 33.6. The van der Waals surface area contributed by atoms with Gasteiger partial charge in [0.1, 0.15) is 0 Å². The van der Waals surface area contributed by atoms with Gasteiger partial charge in [-0.25, -0.2) is 0 Å². The fourth-order valence-electron chi connectivity index (χ4n) is 8.75. The van der Waals surface area contributed by atoms with E-state index in [0.717, 1.165) is 17.1 Å². The van der Waals surface area contributed by atoms with Gasteiger partial charge in [-0.3, -0.25) is 0 Å². The molecule has 0 unspecified atom stereocenters. The Balaban J connectivity index is 1.07. The van der Waals surface area contributed by atoms with E-state index in [-0.39, 0.29) is 5.41 Å². The minimum absolute atomic E-state index is 0.107. The summed E-state index contributed by atoms with van der Waals surface area (Å²) in [4.78, 5) is 2.42. The molecule has 56 heavy (non-hydrogen) atoms. The van der Waals surface area contributed by atoms with Gasteiger partial charge in [-0.1, -0.05) is 178 Å². The first-order valence-electron chi connectivity index (χ1n) is 19.5. The van der Waals surface area contributed by atoms with E-state index in [0.29, 0.717) is 0 Å². The predicted octanol–water partition coefficient (Wildman–Crippen LogP) is 15.3. The van der Waals surface area contributed by atoms with Crippen molar-refractivity contribution in [2.45, 2.75) is 19.3 Å². The van der Waals surface area contributed by atoms with Crippen LogP contribution in [-0.2, 0) is 5.41 Å². The number of rotatable bonds is 7. The average Bonchev–Trinajstić information content (AvgIpc) is 3.49. The number of benzene rings is 9. The molecule has 1 nitrogen and oxygen atoms in total. The lowest BCUT2D eigenvalue weighted by Crippen LogP contribution is -2.16. The summed E-state index contributed by atoms with van der Waals surface area (Å²) in [7, 11) is 0. The second kappa shape index (κ2) is 13.7. The van der Waals surface area contributed by atoms with E-state index in [1.54, 1.807) is 0 Å². The normalized spacial score (nSPS) is 12.6. The van der Waals surface area contributed by atoms with E-state index < -0.39 is 0 Å². The van der Waals surface area contributed by atoms with Gasteiger partial charge in [-0.05, 0) is 126 Å². The van der Waals surface area contributed by atoms with Gasteiger partial charge in [-0.15, -0.1) is 0 Å². The Morgan fingerprint density at radius 2 is 0.821 bits per heavy atom. The monoisotopic (exact) mass is 715 g/mol. The summed E-state index contributed by atoms with van der Waals surface area (Å²) in [6, 6.07) is 77.6. The van der Waals surface area contributed by atoms with E-state index in [1.165, 1.54) is 77.5 Å². The van der Waals surface area contributed by atoms with Gasteiger partial charge in [0.2, 0.25) is 0 Å². The van der Waals surface area contributed by atoms with Crippen LogP contribution in [-0.4, -0.2) is 0 Å². The van der Waals surface area contributed by atoms with Crippen molar-refractivity contribution in [1.82, 2.24) is 0 Å². The van der Waals surface area contributed by atoms with E-state index in [9.17, 15) is 0 Å². The highest BCUT2D eigenvalue weighted by molar-refractivity contribution is 5.90. The molecule has 0 saturated heterocycles. The molecular formula is C55H41N. The number of anilines is 3. The molecule has 0 spiro atoms. The standard InChI is InChI=1S/C55H41N/c1-55(2)53-25-11-10-24-51(53)52-33-32-48(37-54(52)55)56(47-21-13-20-45(36-47)50-23-9-8-22-49(50)40-15-4-3-5-16-40)46-30-28-39(29-31-46)42-18-12-19-43(34-42)44-27-26-38-14-6-7-17-41(38)35-44/h3-37H,1-2H3. The molecule has 9 aromatic carbocycles. The molecule has 266 valence electrons. The second-order valence-electron chi connectivity index (χ2n) is 15.4. The number of nitrogens with zero attached hydrogens (tertiary/aromatic N) is 1. The highest BCUT2D eigenvalue weighted by atomic mass is 15.1. The van der Waals surface area contributed by atoms with Crippen LogP contribution in [0.3, 0.4) is 0 Å². The molecule has 0 aromatic heterocycles. The van der Waals surface area contributed by atoms with E-state index >= 15 is 0 Å². The van der Waals surface area contributed by atoms with Crippen LogP contribution in [0, 0.1) is 0 Å². The second-order valence-corrected chi connectivity index (χ2v) is 15.4. The van der Waals surface area contributed by atoms with Crippen LogP contribution in [0.25, 0.3) is 66.4 Å². The molecular weight excluding hydrogens is 675 g/mol. The summed E-state index contributed by atoms with van der Waals surface area (Å²) in [6.45, 7) is 4.71. The van der Waals surface area contributed by atoms with Crippen molar-refractivity contribution in [2.24, 2.45) is 0 Å². The van der Waals surface area contributed by atoms with E-state index in [4.69, 9.17) is 0 Å². The molecule has 0 bridgehead atoms. The van der Waals surface area contributed by atoms with Crippen molar-refractivity contribution in [3.63, 3.8) is 0 Å². The number of hydrogen-bond acceptors (Lipinski definition) is 1. The van der Waals surface area contributed by atoms with Crippen molar-refractivity contribution >= 4 is 27.8 Å². The van der Waals surface area contributed by atoms with Crippen molar-refractivity contribution < 1.29 is 0 Å². The lowest BCUT2D eigenvalue weighted by molar-refractivity contribution is 0.660. The Kier molecular flexibility index (Phi) is 8.23. The Bertz CT molecular complexity index is 2880.